The van der Waals surface area contributed by atoms with Crippen molar-refractivity contribution in [2.75, 3.05) is 13.6 Å². The summed E-state index contributed by atoms with van der Waals surface area (Å²) in [6.07, 6.45) is 6.88. The second-order valence-corrected chi connectivity index (χ2v) is 2.99. The molecule has 0 saturated heterocycles. The highest BCUT2D eigenvalue weighted by molar-refractivity contribution is 4.82. The van der Waals surface area contributed by atoms with E-state index >= 15 is 0 Å². The van der Waals surface area contributed by atoms with Gasteiger partial charge >= 0.3 is 0 Å². The Morgan fingerprint density at radius 2 is 2.00 bits per heavy atom. The van der Waals surface area contributed by atoms with Gasteiger partial charge in [0, 0.05) is 0 Å². The van der Waals surface area contributed by atoms with Crippen LogP contribution in [0, 0.1) is 5.92 Å². The van der Waals surface area contributed by atoms with Crippen molar-refractivity contribution in [2.24, 2.45) is 5.92 Å². The maximum absolute atomic E-state index is 3.10. The van der Waals surface area contributed by atoms with Crippen molar-refractivity contribution < 1.29 is 0 Å². The Bertz CT molecular complexity index is 84.7. The zero-order valence-electron chi connectivity index (χ0n) is 7.35. The van der Waals surface area contributed by atoms with Gasteiger partial charge in [0.2, 0.25) is 0 Å². The SMILES string of the molecule is CNCCC=CCC(C)C. The number of hydrogen-bond acceptors (Lipinski definition) is 1. The third-order valence-electron chi connectivity index (χ3n) is 1.34. The average Bonchev–Trinajstić information content (AvgIpc) is 1.87. The van der Waals surface area contributed by atoms with Crippen molar-refractivity contribution in [3.63, 3.8) is 0 Å². The predicted molar refractivity (Wildman–Crippen MR) is 47.1 cm³/mol. The second-order valence-electron chi connectivity index (χ2n) is 2.99. The number of allylic oxidation sites excluding steroid dienone is 1. The lowest BCUT2D eigenvalue weighted by atomic mass is 10.1. The van der Waals surface area contributed by atoms with Crippen LogP contribution in [0.3, 0.4) is 0 Å². The fourth-order valence-electron chi connectivity index (χ4n) is 0.714. The van der Waals surface area contributed by atoms with Crippen molar-refractivity contribution in [3.8, 4) is 0 Å². The largest absolute Gasteiger partial charge is 0.319 e. The van der Waals surface area contributed by atoms with Crippen molar-refractivity contribution in [3.05, 3.63) is 12.2 Å². The van der Waals surface area contributed by atoms with Crippen LogP contribution in [-0.4, -0.2) is 13.6 Å². The normalized spacial score (nSPS) is 11.6. The monoisotopic (exact) mass is 141 g/mol. The molecular formula is C9H19N. The standard InChI is InChI=1S/C9H19N/c1-9(2)7-5-4-6-8-10-3/h4-5,9-10H,6-8H2,1-3H3. The van der Waals surface area contributed by atoms with E-state index in [0.29, 0.717) is 0 Å². The van der Waals surface area contributed by atoms with Gasteiger partial charge in [-0.25, -0.2) is 0 Å². The number of rotatable bonds is 5. The van der Waals surface area contributed by atoms with Crippen LogP contribution in [-0.2, 0) is 0 Å². The molecule has 0 radical (unpaired) electrons. The van der Waals surface area contributed by atoms with Crippen molar-refractivity contribution in [1.82, 2.24) is 5.32 Å². The lowest BCUT2D eigenvalue weighted by Gasteiger charge is -1.96. The number of hydrogen-bond donors (Lipinski definition) is 1. The van der Waals surface area contributed by atoms with E-state index in [0.717, 1.165) is 18.9 Å². The topological polar surface area (TPSA) is 12.0 Å². The molecule has 0 atom stereocenters. The van der Waals surface area contributed by atoms with E-state index in [1.54, 1.807) is 0 Å². The minimum Gasteiger partial charge on any atom is -0.319 e. The molecule has 0 aromatic heterocycles. The van der Waals surface area contributed by atoms with Gasteiger partial charge in [-0.3, -0.25) is 0 Å². The molecule has 0 aromatic carbocycles. The maximum atomic E-state index is 3.10. The summed E-state index contributed by atoms with van der Waals surface area (Å²) in [4.78, 5) is 0. The van der Waals surface area contributed by atoms with Gasteiger partial charge in [-0.1, -0.05) is 26.0 Å². The van der Waals surface area contributed by atoms with Gasteiger partial charge in [0.25, 0.3) is 0 Å². The van der Waals surface area contributed by atoms with Crippen LogP contribution >= 0.6 is 0 Å². The van der Waals surface area contributed by atoms with Gasteiger partial charge < -0.3 is 5.32 Å². The number of nitrogens with one attached hydrogen (secondary N) is 1. The van der Waals surface area contributed by atoms with Crippen LogP contribution in [0.25, 0.3) is 0 Å². The minimum atomic E-state index is 0.797. The Hall–Kier alpha value is -0.300. The van der Waals surface area contributed by atoms with Crippen molar-refractivity contribution in [1.29, 1.82) is 0 Å². The molecule has 0 heterocycles. The summed E-state index contributed by atoms with van der Waals surface area (Å²) in [7, 11) is 1.98. The highest BCUT2D eigenvalue weighted by Crippen LogP contribution is 1.99. The third kappa shape index (κ3) is 7.70. The summed E-state index contributed by atoms with van der Waals surface area (Å²) in [5, 5.41) is 3.10. The zero-order chi connectivity index (χ0) is 7.82. The van der Waals surface area contributed by atoms with Gasteiger partial charge in [-0.2, -0.15) is 0 Å². The average molecular weight is 141 g/mol. The summed E-state index contributed by atoms with van der Waals surface area (Å²) in [5.74, 6) is 0.797. The van der Waals surface area contributed by atoms with E-state index in [4.69, 9.17) is 0 Å². The van der Waals surface area contributed by atoms with E-state index in [1.165, 1.54) is 6.42 Å². The van der Waals surface area contributed by atoms with Gasteiger partial charge in [-0.05, 0) is 32.4 Å². The fourth-order valence-corrected chi connectivity index (χ4v) is 0.714. The molecule has 0 saturated carbocycles. The molecule has 0 aliphatic heterocycles. The van der Waals surface area contributed by atoms with Crippen LogP contribution < -0.4 is 5.32 Å². The van der Waals surface area contributed by atoms with Gasteiger partial charge in [0.15, 0.2) is 0 Å². The quantitative estimate of drug-likeness (QED) is 0.457. The van der Waals surface area contributed by atoms with E-state index in [1.807, 2.05) is 7.05 Å². The molecule has 1 nitrogen and oxygen atoms in total. The Morgan fingerprint density at radius 1 is 1.30 bits per heavy atom. The lowest BCUT2D eigenvalue weighted by molar-refractivity contribution is 0.661. The summed E-state index contributed by atoms with van der Waals surface area (Å²) < 4.78 is 0. The van der Waals surface area contributed by atoms with Crippen LogP contribution in [0.4, 0.5) is 0 Å². The van der Waals surface area contributed by atoms with E-state index in [9.17, 15) is 0 Å². The Kier molecular flexibility index (Phi) is 6.61. The maximum Gasteiger partial charge on any atom is -0.00173 e. The molecule has 0 aliphatic carbocycles. The Morgan fingerprint density at radius 3 is 2.50 bits per heavy atom. The van der Waals surface area contributed by atoms with Crippen LogP contribution in [0.1, 0.15) is 26.7 Å². The summed E-state index contributed by atoms with van der Waals surface area (Å²) in [6.45, 7) is 5.57. The smallest absolute Gasteiger partial charge is 0.00173 e. The van der Waals surface area contributed by atoms with Crippen molar-refractivity contribution in [2.45, 2.75) is 26.7 Å². The molecule has 0 fully saturated rings. The molecule has 0 amide bonds. The first kappa shape index (κ1) is 9.70. The second kappa shape index (κ2) is 6.81. The molecular weight excluding hydrogens is 122 g/mol. The summed E-state index contributed by atoms with van der Waals surface area (Å²) >= 11 is 0. The first-order valence-electron chi connectivity index (χ1n) is 4.07. The molecule has 0 unspecified atom stereocenters. The minimum absolute atomic E-state index is 0.797. The van der Waals surface area contributed by atoms with Gasteiger partial charge in [0.05, 0.1) is 0 Å². The van der Waals surface area contributed by atoms with E-state index in [2.05, 4.69) is 31.3 Å². The third-order valence-corrected chi connectivity index (χ3v) is 1.34. The molecule has 10 heavy (non-hydrogen) atoms. The zero-order valence-corrected chi connectivity index (χ0v) is 7.35. The molecule has 0 aromatic rings. The van der Waals surface area contributed by atoms with Gasteiger partial charge in [-0.15, -0.1) is 0 Å². The predicted octanol–water partition coefficient (Wildman–Crippen LogP) is 2.20. The lowest BCUT2D eigenvalue weighted by Crippen LogP contribution is -2.05. The Labute approximate surface area is 64.5 Å². The van der Waals surface area contributed by atoms with E-state index < -0.39 is 0 Å². The van der Waals surface area contributed by atoms with Crippen LogP contribution in [0.5, 0.6) is 0 Å². The molecule has 0 aliphatic rings. The molecule has 60 valence electrons. The van der Waals surface area contributed by atoms with E-state index in [-0.39, 0.29) is 0 Å². The van der Waals surface area contributed by atoms with Crippen LogP contribution in [0.15, 0.2) is 12.2 Å². The van der Waals surface area contributed by atoms with Crippen molar-refractivity contribution >= 4 is 0 Å². The molecule has 1 heteroatoms. The highest BCUT2D eigenvalue weighted by Gasteiger charge is 1.85. The first-order valence-corrected chi connectivity index (χ1v) is 4.07. The summed E-state index contributed by atoms with van der Waals surface area (Å²) in [5.41, 5.74) is 0. The molecule has 0 bridgehead atoms. The molecule has 0 spiro atoms. The first-order chi connectivity index (χ1) is 4.77. The summed E-state index contributed by atoms with van der Waals surface area (Å²) in [6, 6.07) is 0. The Balaban J connectivity index is 3.04. The van der Waals surface area contributed by atoms with Gasteiger partial charge in [0.1, 0.15) is 0 Å². The fraction of sp³-hybridized carbons (Fsp3) is 0.778. The highest BCUT2D eigenvalue weighted by atomic mass is 14.8. The van der Waals surface area contributed by atoms with Crippen LogP contribution in [0.2, 0.25) is 0 Å². The molecule has 1 N–H and O–H groups in total. The molecule has 0 rings (SSSR count).